The molecular weight excluding hydrogens is 503 g/mol. The Kier molecular flexibility index (Phi) is 7.08. The molecule has 2 atom stereocenters. The Balaban J connectivity index is 2.24. The molecule has 0 bridgehead atoms. The highest BCUT2D eigenvalue weighted by Crippen LogP contribution is 2.44. The second kappa shape index (κ2) is 9.26. The summed E-state index contributed by atoms with van der Waals surface area (Å²) in [6, 6.07) is 5.33. The van der Waals surface area contributed by atoms with Crippen LogP contribution in [0.1, 0.15) is 35.6 Å². The van der Waals surface area contributed by atoms with Crippen molar-refractivity contribution in [3.8, 4) is 11.5 Å². The maximum Gasteiger partial charge on any atom is 0.417 e. The molecule has 0 aliphatic carbocycles. The lowest BCUT2D eigenvalue weighted by Gasteiger charge is -2.33. The number of carboxylic acid groups (broad SMARTS) is 1. The molecule has 0 saturated carbocycles. The number of ether oxygens (including phenoxy) is 2. The minimum Gasteiger partial charge on any atom is -0.493 e. The van der Waals surface area contributed by atoms with E-state index in [0.717, 1.165) is 6.07 Å². The van der Waals surface area contributed by atoms with Gasteiger partial charge in [0, 0.05) is 11.0 Å². The fourth-order valence-corrected chi connectivity index (χ4v) is 4.69. The van der Waals surface area contributed by atoms with E-state index in [1.807, 2.05) is 0 Å². The molecule has 3 rings (SSSR count). The number of carbonyl (C=O) groups is 1. The summed E-state index contributed by atoms with van der Waals surface area (Å²) in [6.45, 7) is 0.409. The minimum absolute atomic E-state index is 0.276. The molecule has 2 aromatic carbocycles. The molecule has 0 aromatic heterocycles. The molecule has 2 unspecified atom stereocenters. The van der Waals surface area contributed by atoms with E-state index in [2.05, 4.69) is 15.9 Å². The fraction of sp³-hybridized carbons (Fsp3) is 0.381. The van der Waals surface area contributed by atoms with E-state index in [-0.39, 0.29) is 5.56 Å². The van der Waals surface area contributed by atoms with Gasteiger partial charge in [-0.05, 0) is 48.2 Å². The number of benzene rings is 2. The van der Waals surface area contributed by atoms with Crippen LogP contribution in [0, 0.1) is 0 Å². The van der Waals surface area contributed by atoms with E-state index < -0.39 is 34.8 Å². The summed E-state index contributed by atoms with van der Waals surface area (Å²) in [5.74, 6) is -0.217. The first kappa shape index (κ1) is 23.7. The Hall–Kier alpha value is -1.97. The molecule has 5 nitrogen and oxygen atoms in total. The van der Waals surface area contributed by atoms with Crippen molar-refractivity contribution in [2.45, 2.75) is 31.1 Å². The van der Waals surface area contributed by atoms with Crippen LogP contribution in [0.15, 0.2) is 34.8 Å². The van der Waals surface area contributed by atoms with Crippen molar-refractivity contribution >= 4 is 33.5 Å². The van der Waals surface area contributed by atoms with Gasteiger partial charge in [0.2, 0.25) is 0 Å². The van der Waals surface area contributed by atoms with E-state index in [1.165, 1.54) is 26.4 Å². The zero-order chi connectivity index (χ0) is 22.9. The number of aliphatic carboxylic acids is 1. The lowest BCUT2D eigenvalue weighted by Crippen LogP contribution is -2.39. The highest BCUT2D eigenvalue weighted by molar-refractivity contribution is 9.10. The molecule has 168 valence electrons. The van der Waals surface area contributed by atoms with E-state index in [1.54, 1.807) is 17.0 Å². The third-order valence-electron chi connectivity index (χ3n) is 5.32. The van der Waals surface area contributed by atoms with Gasteiger partial charge in [-0.1, -0.05) is 33.6 Å². The Morgan fingerprint density at radius 2 is 1.87 bits per heavy atom. The third kappa shape index (κ3) is 4.78. The van der Waals surface area contributed by atoms with E-state index >= 15 is 0 Å². The summed E-state index contributed by atoms with van der Waals surface area (Å²) in [6.07, 6.45) is -3.64. The number of hydrogen-bond donors (Lipinski definition) is 1. The molecule has 10 heteroatoms. The van der Waals surface area contributed by atoms with Crippen molar-refractivity contribution in [3.63, 3.8) is 0 Å². The van der Waals surface area contributed by atoms with Crippen LogP contribution in [-0.4, -0.2) is 42.8 Å². The van der Waals surface area contributed by atoms with Crippen LogP contribution in [0.2, 0.25) is 5.02 Å². The number of rotatable bonds is 6. The number of nitrogens with zero attached hydrogens (tertiary/aromatic N) is 1. The third-order valence-corrected chi connectivity index (χ3v) is 6.34. The second-order valence-electron chi connectivity index (χ2n) is 7.10. The van der Waals surface area contributed by atoms with Crippen LogP contribution in [-0.2, 0) is 11.0 Å². The van der Waals surface area contributed by atoms with Crippen LogP contribution in [0.3, 0.4) is 0 Å². The number of halogens is 5. The zero-order valence-electron chi connectivity index (χ0n) is 16.7. The molecule has 0 amide bonds. The van der Waals surface area contributed by atoms with Gasteiger partial charge in [-0.2, -0.15) is 13.2 Å². The molecule has 1 fully saturated rings. The molecule has 1 aliphatic rings. The summed E-state index contributed by atoms with van der Waals surface area (Å²) in [5, 5.41) is 9.29. The Morgan fingerprint density at radius 3 is 2.45 bits per heavy atom. The smallest absolute Gasteiger partial charge is 0.417 e. The molecule has 0 radical (unpaired) electrons. The first-order valence-electron chi connectivity index (χ1n) is 9.35. The van der Waals surface area contributed by atoms with Crippen molar-refractivity contribution in [1.29, 1.82) is 0 Å². The van der Waals surface area contributed by atoms with Crippen LogP contribution in [0.25, 0.3) is 0 Å². The van der Waals surface area contributed by atoms with E-state index in [0.29, 0.717) is 40.9 Å². The standard InChI is InChI=1S/C21H20BrClF3NO4/c1-30-17-9-12(14(22)10-18(17)31-2)19(27-7-3-4-16(27)20(28)29)11-5-6-15(23)13(8-11)21(24,25)26/h5-6,8-10,16,19H,3-4,7H2,1-2H3,(H,28,29). The monoisotopic (exact) mass is 521 g/mol. The topological polar surface area (TPSA) is 59.0 Å². The summed E-state index contributed by atoms with van der Waals surface area (Å²) in [5.41, 5.74) is -0.140. The summed E-state index contributed by atoms with van der Waals surface area (Å²) >= 11 is 9.28. The molecule has 1 N–H and O–H groups in total. The second-order valence-corrected chi connectivity index (χ2v) is 8.36. The minimum atomic E-state index is -4.65. The van der Waals surface area contributed by atoms with Crippen molar-refractivity contribution in [2.24, 2.45) is 0 Å². The van der Waals surface area contributed by atoms with Gasteiger partial charge in [0.15, 0.2) is 11.5 Å². The van der Waals surface area contributed by atoms with Crippen LogP contribution in [0.4, 0.5) is 13.2 Å². The molecule has 0 spiro atoms. The number of hydrogen-bond acceptors (Lipinski definition) is 4. The Labute approximate surface area is 190 Å². The van der Waals surface area contributed by atoms with Gasteiger partial charge in [-0.15, -0.1) is 0 Å². The fourth-order valence-electron chi connectivity index (χ4n) is 3.92. The average molecular weight is 523 g/mol. The maximum absolute atomic E-state index is 13.5. The number of methoxy groups -OCH3 is 2. The van der Waals surface area contributed by atoms with Crippen molar-refractivity contribution in [1.82, 2.24) is 4.90 Å². The van der Waals surface area contributed by atoms with Gasteiger partial charge in [0.1, 0.15) is 6.04 Å². The Bertz CT molecular complexity index is 986. The highest BCUT2D eigenvalue weighted by atomic mass is 79.9. The average Bonchev–Trinajstić information content (AvgIpc) is 3.19. The van der Waals surface area contributed by atoms with Crippen molar-refractivity contribution in [3.05, 3.63) is 56.5 Å². The lowest BCUT2D eigenvalue weighted by molar-refractivity contribution is -0.143. The van der Waals surface area contributed by atoms with E-state index in [4.69, 9.17) is 21.1 Å². The summed E-state index contributed by atoms with van der Waals surface area (Å²) in [4.78, 5) is 13.6. The van der Waals surface area contributed by atoms with Crippen molar-refractivity contribution < 1.29 is 32.5 Å². The maximum atomic E-state index is 13.5. The van der Waals surface area contributed by atoms with Gasteiger partial charge < -0.3 is 14.6 Å². The Morgan fingerprint density at radius 1 is 1.23 bits per heavy atom. The lowest BCUT2D eigenvalue weighted by atomic mass is 9.94. The first-order chi connectivity index (χ1) is 14.6. The zero-order valence-corrected chi connectivity index (χ0v) is 19.0. The van der Waals surface area contributed by atoms with Gasteiger partial charge in [0.05, 0.1) is 30.8 Å². The summed E-state index contributed by atoms with van der Waals surface area (Å²) in [7, 11) is 2.92. The molecular formula is C21H20BrClF3NO4. The van der Waals surface area contributed by atoms with Crippen LogP contribution < -0.4 is 9.47 Å². The van der Waals surface area contributed by atoms with Gasteiger partial charge in [-0.25, -0.2) is 0 Å². The molecule has 1 heterocycles. The SMILES string of the molecule is COc1cc(Br)c(C(c2ccc(Cl)c(C(F)(F)F)c2)N2CCCC2C(=O)O)cc1OC. The molecule has 31 heavy (non-hydrogen) atoms. The van der Waals surface area contributed by atoms with Gasteiger partial charge in [0.25, 0.3) is 0 Å². The van der Waals surface area contributed by atoms with E-state index in [9.17, 15) is 23.1 Å². The van der Waals surface area contributed by atoms with Crippen LogP contribution >= 0.6 is 27.5 Å². The predicted molar refractivity (Wildman–Crippen MR) is 113 cm³/mol. The quantitative estimate of drug-likeness (QED) is 0.521. The predicted octanol–water partition coefficient (Wildman–Crippen LogP) is 5.78. The first-order valence-corrected chi connectivity index (χ1v) is 10.5. The van der Waals surface area contributed by atoms with Crippen LogP contribution in [0.5, 0.6) is 11.5 Å². The van der Waals surface area contributed by atoms with Gasteiger partial charge in [-0.3, -0.25) is 9.69 Å². The largest absolute Gasteiger partial charge is 0.493 e. The number of carboxylic acids is 1. The number of alkyl halides is 3. The molecule has 1 aliphatic heterocycles. The summed E-state index contributed by atoms with van der Waals surface area (Å²) < 4.78 is 51.8. The van der Waals surface area contributed by atoms with Crippen molar-refractivity contribution in [2.75, 3.05) is 20.8 Å². The van der Waals surface area contributed by atoms with Gasteiger partial charge >= 0.3 is 12.1 Å². The molecule has 2 aromatic rings. The normalized spacial score (nSPS) is 18.1. The highest BCUT2D eigenvalue weighted by Gasteiger charge is 2.40. The molecule has 1 saturated heterocycles. The number of likely N-dealkylation sites (tertiary alicyclic amines) is 1.